The molecule has 1 aromatic rings. The number of hydrogen-bond acceptors (Lipinski definition) is 6. The lowest BCUT2D eigenvalue weighted by atomic mass is 10.3. The van der Waals surface area contributed by atoms with E-state index in [1.165, 1.54) is 0 Å². The average molecular weight is 257 g/mol. The zero-order chi connectivity index (χ0) is 12.4. The lowest BCUT2D eigenvalue weighted by Gasteiger charge is -2.32. The van der Waals surface area contributed by atoms with Crippen molar-refractivity contribution >= 4 is 23.5 Å². The molecular formula is C10H17ClN6. The molecule has 0 aliphatic carbocycles. The van der Waals surface area contributed by atoms with Crippen molar-refractivity contribution in [1.82, 2.24) is 19.9 Å². The highest BCUT2D eigenvalue weighted by Gasteiger charge is 2.18. The van der Waals surface area contributed by atoms with Gasteiger partial charge in [0.05, 0.1) is 0 Å². The van der Waals surface area contributed by atoms with Crippen molar-refractivity contribution < 1.29 is 0 Å². The molecule has 1 aromatic heterocycles. The zero-order valence-electron chi connectivity index (χ0n) is 10.4. The Balaban J connectivity index is 2.20. The summed E-state index contributed by atoms with van der Waals surface area (Å²) in [5.41, 5.74) is 0. The second-order valence-electron chi connectivity index (χ2n) is 4.39. The van der Waals surface area contributed by atoms with Crippen LogP contribution in [0.5, 0.6) is 0 Å². The van der Waals surface area contributed by atoms with Crippen LogP contribution in [0.15, 0.2) is 0 Å². The number of piperazine rings is 1. The molecule has 2 rings (SSSR count). The molecule has 0 radical (unpaired) electrons. The van der Waals surface area contributed by atoms with Crippen LogP contribution in [0.25, 0.3) is 0 Å². The van der Waals surface area contributed by atoms with Crippen LogP contribution in [-0.2, 0) is 0 Å². The smallest absolute Gasteiger partial charge is 0.231 e. The monoisotopic (exact) mass is 256 g/mol. The maximum atomic E-state index is 5.92. The first-order valence-electron chi connectivity index (χ1n) is 5.58. The highest BCUT2D eigenvalue weighted by molar-refractivity contribution is 6.28. The van der Waals surface area contributed by atoms with Gasteiger partial charge in [0.25, 0.3) is 0 Å². The number of hydrogen-bond donors (Lipinski definition) is 0. The molecule has 0 spiro atoms. The van der Waals surface area contributed by atoms with Gasteiger partial charge in [-0.15, -0.1) is 0 Å². The molecule has 17 heavy (non-hydrogen) atoms. The Labute approximate surface area is 106 Å². The number of rotatable bonds is 2. The maximum absolute atomic E-state index is 5.92. The van der Waals surface area contributed by atoms with Gasteiger partial charge < -0.3 is 14.7 Å². The molecule has 1 aliphatic heterocycles. The van der Waals surface area contributed by atoms with E-state index in [9.17, 15) is 0 Å². The Morgan fingerprint density at radius 1 is 1.06 bits per heavy atom. The molecule has 6 nitrogen and oxygen atoms in total. The SMILES string of the molecule is CN1CCN(c2nc(Cl)nc(N(C)C)n2)CC1. The fraction of sp³-hybridized carbons (Fsp3) is 0.700. The Hall–Kier alpha value is -1.14. The fourth-order valence-corrected chi connectivity index (χ4v) is 1.83. The van der Waals surface area contributed by atoms with Crippen LogP contribution in [0.1, 0.15) is 0 Å². The minimum absolute atomic E-state index is 0.248. The Kier molecular flexibility index (Phi) is 3.63. The van der Waals surface area contributed by atoms with E-state index < -0.39 is 0 Å². The van der Waals surface area contributed by atoms with Crippen LogP contribution in [0, 0.1) is 0 Å². The molecule has 0 N–H and O–H groups in total. The van der Waals surface area contributed by atoms with Crippen LogP contribution in [0.2, 0.25) is 5.28 Å². The fourth-order valence-electron chi connectivity index (χ4n) is 1.68. The van der Waals surface area contributed by atoms with Gasteiger partial charge in [0.15, 0.2) is 0 Å². The third-order valence-corrected chi connectivity index (χ3v) is 2.94. The van der Waals surface area contributed by atoms with Crippen molar-refractivity contribution in [3.63, 3.8) is 0 Å². The predicted octanol–water partition coefficient (Wildman–Crippen LogP) is 0.343. The van der Waals surface area contributed by atoms with Gasteiger partial charge in [-0.05, 0) is 18.6 Å². The van der Waals surface area contributed by atoms with Gasteiger partial charge in [0.1, 0.15) is 0 Å². The van der Waals surface area contributed by atoms with Crippen LogP contribution >= 0.6 is 11.6 Å². The molecule has 0 saturated carbocycles. The number of aromatic nitrogens is 3. The maximum Gasteiger partial charge on any atom is 0.231 e. The molecule has 0 aromatic carbocycles. The quantitative estimate of drug-likeness (QED) is 0.761. The number of halogens is 1. The lowest BCUT2D eigenvalue weighted by molar-refractivity contribution is 0.311. The molecule has 7 heteroatoms. The van der Waals surface area contributed by atoms with Crippen molar-refractivity contribution in [3.8, 4) is 0 Å². The number of likely N-dealkylation sites (N-methyl/N-ethyl adjacent to an activating group) is 1. The largest absolute Gasteiger partial charge is 0.347 e. The van der Waals surface area contributed by atoms with Gasteiger partial charge in [-0.3, -0.25) is 0 Å². The highest BCUT2D eigenvalue weighted by Crippen LogP contribution is 2.16. The normalized spacial score (nSPS) is 17.3. The van der Waals surface area contributed by atoms with E-state index >= 15 is 0 Å². The predicted molar refractivity (Wildman–Crippen MR) is 68.9 cm³/mol. The molecule has 1 fully saturated rings. The van der Waals surface area contributed by atoms with E-state index in [1.54, 1.807) is 0 Å². The second-order valence-corrected chi connectivity index (χ2v) is 4.73. The van der Waals surface area contributed by atoms with Crippen molar-refractivity contribution in [3.05, 3.63) is 5.28 Å². The van der Waals surface area contributed by atoms with Gasteiger partial charge in [-0.1, -0.05) is 0 Å². The molecule has 0 unspecified atom stereocenters. The lowest BCUT2D eigenvalue weighted by Crippen LogP contribution is -2.45. The van der Waals surface area contributed by atoms with Crippen LogP contribution in [0.4, 0.5) is 11.9 Å². The third-order valence-electron chi connectivity index (χ3n) is 2.77. The molecular weight excluding hydrogens is 240 g/mol. The minimum Gasteiger partial charge on any atom is -0.347 e. The van der Waals surface area contributed by atoms with E-state index in [0.29, 0.717) is 11.9 Å². The van der Waals surface area contributed by atoms with E-state index in [1.807, 2.05) is 19.0 Å². The van der Waals surface area contributed by atoms with Crippen LogP contribution in [-0.4, -0.2) is 67.2 Å². The van der Waals surface area contributed by atoms with Crippen molar-refractivity contribution in [2.75, 3.05) is 57.1 Å². The summed E-state index contributed by atoms with van der Waals surface area (Å²) >= 11 is 5.92. The van der Waals surface area contributed by atoms with Gasteiger partial charge >= 0.3 is 0 Å². The summed E-state index contributed by atoms with van der Waals surface area (Å²) in [5, 5.41) is 0.248. The average Bonchev–Trinajstić information content (AvgIpc) is 2.29. The first-order valence-corrected chi connectivity index (χ1v) is 5.96. The molecule has 2 heterocycles. The summed E-state index contributed by atoms with van der Waals surface area (Å²) in [5.74, 6) is 1.26. The summed E-state index contributed by atoms with van der Waals surface area (Å²) in [6, 6.07) is 0. The summed E-state index contributed by atoms with van der Waals surface area (Å²) in [6.45, 7) is 3.87. The second kappa shape index (κ2) is 5.01. The van der Waals surface area contributed by atoms with Gasteiger partial charge in [-0.25, -0.2) is 0 Å². The third kappa shape index (κ3) is 2.95. The molecule has 94 valence electrons. The first kappa shape index (κ1) is 12.3. The van der Waals surface area contributed by atoms with Crippen LogP contribution < -0.4 is 9.80 Å². The summed E-state index contributed by atoms with van der Waals surface area (Å²) in [4.78, 5) is 18.9. The summed E-state index contributed by atoms with van der Waals surface area (Å²) in [6.07, 6.45) is 0. The molecule has 0 atom stereocenters. The van der Waals surface area contributed by atoms with E-state index in [4.69, 9.17) is 11.6 Å². The molecule has 1 saturated heterocycles. The topological polar surface area (TPSA) is 48.4 Å². The van der Waals surface area contributed by atoms with Crippen LogP contribution in [0.3, 0.4) is 0 Å². The summed E-state index contributed by atoms with van der Waals surface area (Å²) < 4.78 is 0. The van der Waals surface area contributed by atoms with Gasteiger partial charge in [0, 0.05) is 40.3 Å². The summed E-state index contributed by atoms with van der Waals surface area (Å²) in [7, 11) is 5.89. The first-order chi connectivity index (χ1) is 8.06. The Morgan fingerprint density at radius 2 is 1.71 bits per heavy atom. The van der Waals surface area contributed by atoms with Gasteiger partial charge in [-0.2, -0.15) is 15.0 Å². The number of anilines is 2. The highest BCUT2D eigenvalue weighted by atomic mass is 35.5. The standard InChI is InChI=1S/C10H17ClN6/c1-15(2)9-12-8(11)13-10(14-9)17-6-4-16(3)5-7-17/h4-7H2,1-3H3. The zero-order valence-corrected chi connectivity index (χ0v) is 11.1. The molecule has 0 bridgehead atoms. The van der Waals surface area contributed by atoms with Crippen molar-refractivity contribution in [2.45, 2.75) is 0 Å². The minimum atomic E-state index is 0.248. The molecule has 1 aliphatic rings. The number of nitrogens with zero attached hydrogens (tertiary/aromatic N) is 6. The molecule has 0 amide bonds. The van der Waals surface area contributed by atoms with Crippen molar-refractivity contribution in [1.29, 1.82) is 0 Å². The Bertz CT molecular complexity index is 388. The van der Waals surface area contributed by atoms with E-state index in [-0.39, 0.29) is 5.28 Å². The van der Waals surface area contributed by atoms with E-state index in [0.717, 1.165) is 26.2 Å². The van der Waals surface area contributed by atoms with E-state index in [2.05, 4.69) is 31.8 Å². The van der Waals surface area contributed by atoms with Crippen molar-refractivity contribution in [2.24, 2.45) is 0 Å². The van der Waals surface area contributed by atoms with Gasteiger partial charge in [0.2, 0.25) is 17.2 Å². The Morgan fingerprint density at radius 3 is 2.29 bits per heavy atom.